The van der Waals surface area contributed by atoms with Gasteiger partial charge in [0.2, 0.25) is 5.91 Å². The molecule has 1 N–H and O–H groups in total. The summed E-state index contributed by atoms with van der Waals surface area (Å²) >= 11 is 0. The number of hydrogen-bond donors (Lipinski definition) is 1. The lowest BCUT2D eigenvalue weighted by Crippen LogP contribution is -2.47. The Bertz CT molecular complexity index is 363. The normalized spacial score (nSPS) is 35.0. The first-order valence-corrected chi connectivity index (χ1v) is 9.45. The van der Waals surface area contributed by atoms with Crippen molar-refractivity contribution in [2.24, 2.45) is 5.92 Å². The van der Waals surface area contributed by atoms with Crippen LogP contribution in [0.3, 0.4) is 0 Å². The van der Waals surface area contributed by atoms with E-state index in [9.17, 15) is 9.00 Å². The third-order valence-corrected chi connectivity index (χ3v) is 5.69. The highest BCUT2D eigenvalue weighted by Gasteiger charge is 2.42. The van der Waals surface area contributed by atoms with E-state index in [2.05, 4.69) is 31.0 Å². The highest BCUT2D eigenvalue weighted by atomic mass is 32.2. The van der Waals surface area contributed by atoms with Gasteiger partial charge in [-0.2, -0.15) is 0 Å². The van der Waals surface area contributed by atoms with Crippen LogP contribution in [0, 0.1) is 5.92 Å². The van der Waals surface area contributed by atoms with E-state index in [1.165, 1.54) is 0 Å². The van der Waals surface area contributed by atoms with Crippen molar-refractivity contribution in [2.75, 3.05) is 11.5 Å². The van der Waals surface area contributed by atoms with Gasteiger partial charge in [-0.15, -0.1) is 0 Å². The van der Waals surface area contributed by atoms with Crippen LogP contribution in [-0.2, 0) is 15.6 Å². The number of carbonyl (C=O) groups excluding carboxylic acids is 1. The Balaban J connectivity index is 2.08. The molecule has 5 heteroatoms. The summed E-state index contributed by atoms with van der Waals surface area (Å²) in [6.07, 6.45) is 4.92. The van der Waals surface area contributed by atoms with Crippen LogP contribution in [0.2, 0.25) is 0 Å². The van der Waals surface area contributed by atoms with Crippen molar-refractivity contribution in [3.63, 3.8) is 0 Å². The molecule has 0 spiro atoms. The third kappa shape index (κ3) is 3.61. The summed E-state index contributed by atoms with van der Waals surface area (Å²) in [5, 5.41) is 3.53. The van der Waals surface area contributed by atoms with Gasteiger partial charge in [0.25, 0.3) is 0 Å². The monoisotopic (exact) mass is 300 g/mol. The Kier molecular flexibility index (Phi) is 5.61. The zero-order chi connectivity index (χ0) is 14.7. The maximum absolute atomic E-state index is 12.7. The van der Waals surface area contributed by atoms with Crippen LogP contribution in [0.25, 0.3) is 0 Å². The summed E-state index contributed by atoms with van der Waals surface area (Å²) in [7, 11) is -0.665. The van der Waals surface area contributed by atoms with Crippen LogP contribution < -0.4 is 5.32 Å². The summed E-state index contributed by atoms with van der Waals surface area (Å²) in [4.78, 5) is 14.7. The fourth-order valence-corrected chi connectivity index (χ4v) is 4.61. The predicted octanol–water partition coefficient (Wildman–Crippen LogP) is 1.87. The van der Waals surface area contributed by atoms with Gasteiger partial charge < -0.3 is 4.90 Å². The third-order valence-electron chi connectivity index (χ3n) is 4.30. The standard InChI is InChI=1S/C15H28N2O2S/c1-4-5-13-15(18)17(14(16-13)10-11(2)3)12-6-8-20(19)9-7-12/h11-14,16H,4-10H2,1-3H3. The van der Waals surface area contributed by atoms with Crippen LogP contribution in [0.15, 0.2) is 0 Å². The van der Waals surface area contributed by atoms with E-state index in [1.54, 1.807) is 0 Å². The molecule has 1 amide bonds. The first kappa shape index (κ1) is 16.0. The first-order chi connectivity index (χ1) is 9.52. The highest BCUT2D eigenvalue weighted by Crippen LogP contribution is 2.27. The van der Waals surface area contributed by atoms with E-state index in [1.807, 2.05) is 0 Å². The van der Waals surface area contributed by atoms with Crippen LogP contribution in [0.1, 0.15) is 52.9 Å². The summed E-state index contributed by atoms with van der Waals surface area (Å²) in [5.41, 5.74) is 0. The SMILES string of the molecule is CCCC1NC(CC(C)C)N(C2CCS(=O)CC2)C1=O. The summed E-state index contributed by atoms with van der Waals surface area (Å²) < 4.78 is 11.5. The molecule has 0 aromatic rings. The van der Waals surface area contributed by atoms with Gasteiger partial charge >= 0.3 is 0 Å². The number of carbonyl (C=O) groups is 1. The molecular formula is C15H28N2O2S. The zero-order valence-electron chi connectivity index (χ0n) is 12.9. The fraction of sp³-hybridized carbons (Fsp3) is 0.933. The molecule has 2 atom stereocenters. The van der Waals surface area contributed by atoms with Gasteiger partial charge in [0, 0.05) is 28.3 Å². The maximum Gasteiger partial charge on any atom is 0.241 e. The van der Waals surface area contributed by atoms with E-state index in [4.69, 9.17) is 0 Å². The molecule has 116 valence electrons. The Labute approximate surface area is 125 Å². The van der Waals surface area contributed by atoms with Crippen molar-refractivity contribution in [3.8, 4) is 0 Å². The average molecular weight is 300 g/mol. The van der Waals surface area contributed by atoms with Gasteiger partial charge in [-0.3, -0.25) is 14.3 Å². The molecule has 2 saturated heterocycles. The van der Waals surface area contributed by atoms with Crippen LogP contribution >= 0.6 is 0 Å². The quantitative estimate of drug-likeness (QED) is 0.843. The van der Waals surface area contributed by atoms with Crippen LogP contribution in [0.4, 0.5) is 0 Å². The van der Waals surface area contributed by atoms with Gasteiger partial charge in [-0.05, 0) is 31.6 Å². The van der Waals surface area contributed by atoms with Gasteiger partial charge in [-0.1, -0.05) is 27.2 Å². The second-order valence-electron chi connectivity index (χ2n) is 6.48. The van der Waals surface area contributed by atoms with E-state index < -0.39 is 10.8 Å². The summed E-state index contributed by atoms with van der Waals surface area (Å²) in [6.45, 7) is 6.53. The molecule has 0 aromatic carbocycles. The molecule has 2 rings (SSSR count). The van der Waals surface area contributed by atoms with Gasteiger partial charge in [0.15, 0.2) is 0 Å². The van der Waals surface area contributed by atoms with Crippen molar-refractivity contribution in [1.29, 1.82) is 0 Å². The Hall–Kier alpha value is -0.420. The lowest BCUT2D eigenvalue weighted by atomic mass is 10.0. The van der Waals surface area contributed by atoms with Gasteiger partial charge in [-0.25, -0.2) is 0 Å². The van der Waals surface area contributed by atoms with Gasteiger partial charge in [0.1, 0.15) is 0 Å². The molecule has 0 saturated carbocycles. The minimum atomic E-state index is -0.665. The molecule has 2 unspecified atom stereocenters. The highest BCUT2D eigenvalue weighted by molar-refractivity contribution is 7.85. The number of amides is 1. The fourth-order valence-electron chi connectivity index (χ4n) is 3.33. The molecule has 0 aliphatic carbocycles. The van der Waals surface area contributed by atoms with Crippen molar-refractivity contribution >= 4 is 16.7 Å². The van der Waals surface area contributed by atoms with Crippen LogP contribution in [0.5, 0.6) is 0 Å². The molecule has 20 heavy (non-hydrogen) atoms. The van der Waals surface area contributed by atoms with E-state index in [0.717, 1.165) is 43.6 Å². The smallest absolute Gasteiger partial charge is 0.241 e. The van der Waals surface area contributed by atoms with Crippen molar-refractivity contribution < 1.29 is 9.00 Å². The van der Waals surface area contributed by atoms with Gasteiger partial charge in [0.05, 0.1) is 12.2 Å². The molecule has 0 radical (unpaired) electrons. The Morgan fingerprint density at radius 2 is 2.00 bits per heavy atom. The van der Waals surface area contributed by atoms with Crippen molar-refractivity contribution in [1.82, 2.24) is 10.2 Å². The lowest BCUT2D eigenvalue weighted by Gasteiger charge is -2.35. The van der Waals surface area contributed by atoms with E-state index in [0.29, 0.717) is 12.0 Å². The minimum absolute atomic E-state index is 0.00354. The van der Waals surface area contributed by atoms with Crippen molar-refractivity contribution in [3.05, 3.63) is 0 Å². The minimum Gasteiger partial charge on any atom is -0.323 e. The largest absolute Gasteiger partial charge is 0.323 e. The predicted molar refractivity (Wildman–Crippen MR) is 82.8 cm³/mol. The van der Waals surface area contributed by atoms with Crippen molar-refractivity contribution in [2.45, 2.75) is 71.1 Å². The van der Waals surface area contributed by atoms with E-state index in [-0.39, 0.29) is 18.1 Å². The Morgan fingerprint density at radius 3 is 2.55 bits per heavy atom. The maximum atomic E-state index is 12.7. The topological polar surface area (TPSA) is 49.4 Å². The van der Waals surface area contributed by atoms with E-state index >= 15 is 0 Å². The molecule has 2 aliphatic rings. The molecule has 2 fully saturated rings. The second-order valence-corrected chi connectivity index (χ2v) is 8.17. The molecule has 4 nitrogen and oxygen atoms in total. The molecular weight excluding hydrogens is 272 g/mol. The lowest BCUT2D eigenvalue weighted by molar-refractivity contribution is -0.132. The molecule has 2 aliphatic heterocycles. The number of rotatable bonds is 5. The second kappa shape index (κ2) is 7.03. The summed E-state index contributed by atoms with van der Waals surface area (Å²) in [6, 6.07) is 0.287. The first-order valence-electron chi connectivity index (χ1n) is 7.96. The van der Waals surface area contributed by atoms with Crippen LogP contribution in [-0.4, -0.2) is 44.8 Å². The number of nitrogens with zero attached hydrogens (tertiary/aromatic N) is 1. The Morgan fingerprint density at radius 1 is 1.35 bits per heavy atom. The molecule has 0 aromatic heterocycles. The number of nitrogens with one attached hydrogen (secondary N) is 1. The summed E-state index contributed by atoms with van der Waals surface area (Å²) in [5.74, 6) is 2.35. The zero-order valence-corrected chi connectivity index (χ0v) is 13.7. The average Bonchev–Trinajstić information content (AvgIpc) is 2.67. The molecule has 2 heterocycles. The molecule has 0 bridgehead atoms. The number of hydrogen-bond acceptors (Lipinski definition) is 3.